The molecule has 2 heterocycles. The number of carbonyl (C=O) groups is 2. The van der Waals surface area contributed by atoms with Gasteiger partial charge in [0, 0.05) is 19.6 Å². The number of urea groups is 1. The first-order chi connectivity index (χ1) is 8.05. The van der Waals surface area contributed by atoms with Gasteiger partial charge in [-0.1, -0.05) is 12.2 Å². The van der Waals surface area contributed by atoms with Crippen molar-refractivity contribution in [3.8, 4) is 0 Å². The number of carboxylic acids is 1. The zero-order chi connectivity index (χ0) is 12.5. The monoisotopic (exact) mass is 238 g/mol. The highest BCUT2D eigenvalue weighted by Crippen LogP contribution is 2.30. The number of aliphatic carboxylic acids is 1. The summed E-state index contributed by atoms with van der Waals surface area (Å²) in [6, 6.07) is -0.142. The molecule has 0 spiro atoms. The Balaban J connectivity index is 2.13. The second-order valence-electron chi connectivity index (χ2n) is 4.82. The summed E-state index contributed by atoms with van der Waals surface area (Å²) in [6.45, 7) is 3.45. The summed E-state index contributed by atoms with van der Waals surface area (Å²) in [4.78, 5) is 26.8. The Morgan fingerprint density at radius 1 is 1.29 bits per heavy atom. The fourth-order valence-electron chi connectivity index (χ4n) is 2.48. The molecule has 0 aromatic heterocycles. The van der Waals surface area contributed by atoms with E-state index in [0.29, 0.717) is 26.1 Å². The SMILES string of the molecule is CC1(C(=O)O)CCCN1C(=O)N1CC=CCC1. The van der Waals surface area contributed by atoms with Crippen molar-refractivity contribution in [1.82, 2.24) is 9.80 Å². The van der Waals surface area contributed by atoms with E-state index in [1.165, 1.54) is 4.90 Å². The van der Waals surface area contributed by atoms with Crippen LogP contribution in [0.4, 0.5) is 4.79 Å². The van der Waals surface area contributed by atoms with Crippen molar-refractivity contribution in [3.63, 3.8) is 0 Å². The third kappa shape index (κ3) is 2.01. The van der Waals surface area contributed by atoms with E-state index >= 15 is 0 Å². The summed E-state index contributed by atoms with van der Waals surface area (Å²) in [6.07, 6.45) is 6.15. The molecule has 0 aromatic rings. The molecule has 0 saturated carbocycles. The maximum Gasteiger partial charge on any atom is 0.329 e. The van der Waals surface area contributed by atoms with Crippen molar-refractivity contribution in [2.75, 3.05) is 19.6 Å². The van der Waals surface area contributed by atoms with Gasteiger partial charge in [0.2, 0.25) is 0 Å². The number of carbonyl (C=O) groups excluding carboxylic acids is 1. The lowest BCUT2D eigenvalue weighted by molar-refractivity contribution is -0.147. The van der Waals surface area contributed by atoms with Crippen LogP contribution < -0.4 is 0 Å². The maximum absolute atomic E-state index is 12.3. The first kappa shape index (κ1) is 12.0. The van der Waals surface area contributed by atoms with Crippen molar-refractivity contribution in [2.24, 2.45) is 0 Å². The molecule has 1 unspecified atom stereocenters. The lowest BCUT2D eigenvalue weighted by Crippen LogP contribution is -2.55. The second-order valence-corrected chi connectivity index (χ2v) is 4.82. The van der Waals surface area contributed by atoms with Gasteiger partial charge in [0.25, 0.3) is 0 Å². The molecule has 1 saturated heterocycles. The minimum atomic E-state index is -1.03. The average molecular weight is 238 g/mol. The number of hydrogen-bond donors (Lipinski definition) is 1. The minimum absolute atomic E-state index is 0.142. The van der Waals surface area contributed by atoms with Crippen molar-refractivity contribution in [1.29, 1.82) is 0 Å². The van der Waals surface area contributed by atoms with Crippen molar-refractivity contribution < 1.29 is 14.7 Å². The largest absolute Gasteiger partial charge is 0.480 e. The standard InChI is InChI=1S/C12H18N2O3/c1-12(10(15)16)6-5-9-14(12)11(17)13-7-3-2-4-8-13/h2-3H,4-9H2,1H3,(H,15,16). The van der Waals surface area contributed by atoms with E-state index in [-0.39, 0.29) is 6.03 Å². The van der Waals surface area contributed by atoms with Crippen LogP contribution in [0.15, 0.2) is 12.2 Å². The molecule has 0 aliphatic carbocycles. The fourth-order valence-corrected chi connectivity index (χ4v) is 2.48. The van der Waals surface area contributed by atoms with Gasteiger partial charge in [0.15, 0.2) is 0 Å². The molecule has 1 atom stereocenters. The summed E-state index contributed by atoms with van der Waals surface area (Å²) >= 11 is 0. The number of rotatable bonds is 1. The molecular formula is C12H18N2O3. The van der Waals surface area contributed by atoms with Crippen molar-refractivity contribution >= 4 is 12.0 Å². The van der Waals surface area contributed by atoms with Crippen LogP contribution in [0.1, 0.15) is 26.2 Å². The summed E-state index contributed by atoms with van der Waals surface area (Å²) in [5.74, 6) is -0.907. The number of carboxylic acid groups (broad SMARTS) is 1. The topological polar surface area (TPSA) is 60.9 Å². The molecule has 0 radical (unpaired) electrons. The lowest BCUT2D eigenvalue weighted by Gasteiger charge is -2.36. The number of hydrogen-bond acceptors (Lipinski definition) is 2. The molecule has 94 valence electrons. The summed E-state index contributed by atoms with van der Waals surface area (Å²) in [5.41, 5.74) is -1.03. The molecular weight excluding hydrogens is 220 g/mol. The predicted molar refractivity (Wildman–Crippen MR) is 62.7 cm³/mol. The van der Waals surface area contributed by atoms with Crippen LogP contribution in [0.25, 0.3) is 0 Å². The highest BCUT2D eigenvalue weighted by molar-refractivity contribution is 5.86. The Labute approximate surface area is 101 Å². The molecule has 0 aromatic carbocycles. The summed E-state index contributed by atoms with van der Waals surface area (Å²) in [7, 11) is 0. The van der Waals surface area contributed by atoms with Crippen LogP contribution in [0.5, 0.6) is 0 Å². The Morgan fingerprint density at radius 3 is 2.65 bits per heavy atom. The smallest absolute Gasteiger partial charge is 0.329 e. The van der Waals surface area contributed by atoms with Gasteiger partial charge in [-0.05, 0) is 26.2 Å². The Kier molecular flexibility index (Phi) is 3.09. The summed E-state index contributed by atoms with van der Waals surface area (Å²) < 4.78 is 0. The van der Waals surface area contributed by atoms with Crippen LogP contribution in [0, 0.1) is 0 Å². The van der Waals surface area contributed by atoms with Gasteiger partial charge >= 0.3 is 12.0 Å². The molecule has 1 fully saturated rings. The van der Waals surface area contributed by atoms with E-state index in [1.54, 1.807) is 11.8 Å². The third-order valence-corrected chi connectivity index (χ3v) is 3.66. The van der Waals surface area contributed by atoms with Crippen LogP contribution in [-0.2, 0) is 4.79 Å². The van der Waals surface area contributed by atoms with E-state index in [4.69, 9.17) is 0 Å². The number of likely N-dealkylation sites (tertiary alicyclic amines) is 1. The van der Waals surface area contributed by atoms with E-state index in [0.717, 1.165) is 12.8 Å². The molecule has 5 nitrogen and oxygen atoms in total. The molecule has 2 aliphatic rings. The van der Waals surface area contributed by atoms with E-state index in [9.17, 15) is 14.7 Å². The predicted octanol–water partition coefficient (Wildman–Crippen LogP) is 1.31. The van der Waals surface area contributed by atoms with E-state index in [2.05, 4.69) is 0 Å². The van der Waals surface area contributed by atoms with Crippen LogP contribution in [0.2, 0.25) is 0 Å². The van der Waals surface area contributed by atoms with Gasteiger partial charge in [-0.3, -0.25) is 0 Å². The quantitative estimate of drug-likeness (QED) is 0.701. The van der Waals surface area contributed by atoms with Gasteiger partial charge in [0.05, 0.1) is 0 Å². The van der Waals surface area contributed by atoms with Crippen molar-refractivity contribution in [3.05, 3.63) is 12.2 Å². The second kappa shape index (κ2) is 4.39. The molecule has 2 aliphatic heterocycles. The minimum Gasteiger partial charge on any atom is -0.480 e. The average Bonchev–Trinajstić information content (AvgIpc) is 2.73. The Bertz CT molecular complexity index is 367. The van der Waals surface area contributed by atoms with E-state index in [1.807, 2.05) is 12.2 Å². The van der Waals surface area contributed by atoms with Gasteiger partial charge in [-0.15, -0.1) is 0 Å². The van der Waals surface area contributed by atoms with Crippen molar-refractivity contribution in [2.45, 2.75) is 31.7 Å². The highest BCUT2D eigenvalue weighted by atomic mass is 16.4. The van der Waals surface area contributed by atoms with Crippen LogP contribution >= 0.6 is 0 Å². The number of amides is 2. The van der Waals surface area contributed by atoms with Gasteiger partial charge in [-0.25, -0.2) is 9.59 Å². The zero-order valence-corrected chi connectivity index (χ0v) is 10.1. The van der Waals surface area contributed by atoms with Crippen LogP contribution in [-0.4, -0.2) is 52.1 Å². The van der Waals surface area contributed by atoms with E-state index < -0.39 is 11.5 Å². The molecule has 2 amide bonds. The summed E-state index contributed by atoms with van der Waals surface area (Å²) in [5, 5.41) is 9.26. The molecule has 17 heavy (non-hydrogen) atoms. The molecule has 2 rings (SSSR count). The molecule has 1 N–H and O–H groups in total. The van der Waals surface area contributed by atoms with Crippen LogP contribution in [0.3, 0.4) is 0 Å². The zero-order valence-electron chi connectivity index (χ0n) is 10.1. The van der Waals surface area contributed by atoms with Gasteiger partial charge in [0.1, 0.15) is 5.54 Å². The highest BCUT2D eigenvalue weighted by Gasteiger charge is 2.47. The fraction of sp³-hybridized carbons (Fsp3) is 0.667. The maximum atomic E-state index is 12.3. The van der Waals surface area contributed by atoms with Gasteiger partial charge < -0.3 is 14.9 Å². The van der Waals surface area contributed by atoms with Gasteiger partial charge in [-0.2, -0.15) is 0 Å². The first-order valence-electron chi connectivity index (χ1n) is 6.00. The molecule has 0 bridgehead atoms. The Morgan fingerprint density at radius 2 is 2.06 bits per heavy atom. The number of nitrogens with zero attached hydrogens (tertiary/aromatic N) is 2. The normalized spacial score (nSPS) is 28.5. The lowest BCUT2D eigenvalue weighted by atomic mass is 9.99. The Hall–Kier alpha value is -1.52. The first-order valence-corrected chi connectivity index (χ1v) is 6.00. The third-order valence-electron chi connectivity index (χ3n) is 3.66. The molecule has 5 heteroatoms.